The number of carbonyl (C=O) groups excluding carboxylic acids is 2. The topological polar surface area (TPSA) is 43.4 Å². The van der Waals surface area contributed by atoms with E-state index in [0.717, 1.165) is 43.9 Å². The molecular weight excluding hydrogens is 392 g/mol. The lowest BCUT2D eigenvalue weighted by Crippen LogP contribution is -2.48. The molecule has 0 heterocycles. The lowest BCUT2D eigenvalue weighted by molar-refractivity contribution is -0.157. The summed E-state index contributed by atoms with van der Waals surface area (Å²) in [5.41, 5.74) is 1.55. The molecule has 3 fully saturated rings. The Labute approximate surface area is 164 Å². The van der Waals surface area contributed by atoms with Crippen molar-refractivity contribution >= 4 is 27.7 Å². The number of fused-ring (bicyclic) bond motifs is 5. The second kappa shape index (κ2) is 7.15. The molecule has 0 aliphatic heterocycles. The van der Waals surface area contributed by atoms with Crippen LogP contribution in [0.4, 0.5) is 0 Å². The van der Waals surface area contributed by atoms with Gasteiger partial charge in [-0.2, -0.15) is 0 Å². The summed E-state index contributed by atoms with van der Waals surface area (Å²) in [7, 11) is 0. The molecule has 0 unspecified atom stereocenters. The zero-order valence-electron chi connectivity index (χ0n) is 15.4. The van der Waals surface area contributed by atoms with Crippen LogP contribution in [0.3, 0.4) is 0 Å². The molecule has 140 valence electrons. The molecule has 4 aliphatic carbocycles. The molecule has 0 aromatic heterocycles. The quantitative estimate of drug-likeness (QED) is 0.478. The van der Waals surface area contributed by atoms with Gasteiger partial charge in [-0.25, -0.2) is 0 Å². The molecule has 0 N–H and O–H groups in total. The number of carbonyl (C=O) groups is 2. The highest BCUT2D eigenvalue weighted by molar-refractivity contribution is 9.12. The van der Waals surface area contributed by atoms with Crippen LogP contribution in [-0.4, -0.2) is 17.9 Å². The van der Waals surface area contributed by atoms with E-state index in [9.17, 15) is 9.59 Å². The largest absolute Gasteiger partial charge is 0.461 e. The number of halogens is 1. The van der Waals surface area contributed by atoms with Gasteiger partial charge >= 0.3 is 5.97 Å². The third-order valence-corrected chi connectivity index (χ3v) is 8.07. The van der Waals surface area contributed by atoms with Crippen molar-refractivity contribution in [3.05, 3.63) is 11.6 Å². The van der Waals surface area contributed by atoms with Crippen molar-refractivity contribution in [1.82, 2.24) is 0 Å². The summed E-state index contributed by atoms with van der Waals surface area (Å²) in [5.74, 6) is 5.63. The van der Waals surface area contributed by atoms with Crippen LogP contribution in [0.25, 0.3) is 0 Å². The van der Waals surface area contributed by atoms with Gasteiger partial charge in [0, 0.05) is 27.8 Å². The molecule has 0 aromatic rings. The van der Waals surface area contributed by atoms with Gasteiger partial charge in [-0.3, -0.25) is 9.59 Å². The predicted octanol–water partition coefficient (Wildman–Crippen LogP) is 4.79. The SMILES string of the molecule is C[C@]12CC[C@H]3[C@@H](CCC4=CC(=O)CC[C@@H]43)[C@@H]1CC[C@@H]2OC(=O)CC#CBr. The van der Waals surface area contributed by atoms with Gasteiger partial charge < -0.3 is 4.74 Å². The predicted molar refractivity (Wildman–Crippen MR) is 103 cm³/mol. The number of esters is 1. The lowest BCUT2D eigenvalue weighted by Gasteiger charge is -2.53. The normalized spacial score (nSPS) is 41.1. The maximum Gasteiger partial charge on any atom is 0.318 e. The molecule has 0 spiro atoms. The molecule has 4 rings (SSSR count). The first-order chi connectivity index (χ1) is 12.5. The Hall–Kier alpha value is -1.08. The average molecular weight is 419 g/mol. The number of ether oxygens (including phenoxy) is 1. The first-order valence-electron chi connectivity index (χ1n) is 10.0. The Morgan fingerprint density at radius 2 is 2.08 bits per heavy atom. The molecule has 26 heavy (non-hydrogen) atoms. The first-order valence-corrected chi connectivity index (χ1v) is 10.8. The van der Waals surface area contributed by atoms with E-state index in [4.69, 9.17) is 4.74 Å². The van der Waals surface area contributed by atoms with E-state index in [1.807, 2.05) is 6.08 Å². The maximum atomic E-state index is 12.1. The monoisotopic (exact) mass is 418 g/mol. The average Bonchev–Trinajstić information content (AvgIpc) is 2.96. The minimum atomic E-state index is -0.189. The number of rotatable bonds is 2. The van der Waals surface area contributed by atoms with E-state index in [1.54, 1.807) is 0 Å². The summed E-state index contributed by atoms with van der Waals surface area (Å²) in [5, 5.41) is 0. The molecule has 3 saturated carbocycles. The zero-order valence-corrected chi connectivity index (χ0v) is 17.0. The van der Waals surface area contributed by atoms with Gasteiger partial charge in [-0.1, -0.05) is 18.4 Å². The minimum absolute atomic E-state index is 0.0444. The van der Waals surface area contributed by atoms with Crippen molar-refractivity contribution < 1.29 is 14.3 Å². The van der Waals surface area contributed by atoms with Crippen LogP contribution in [0.1, 0.15) is 64.7 Å². The van der Waals surface area contributed by atoms with Crippen molar-refractivity contribution in [2.24, 2.45) is 29.1 Å². The van der Waals surface area contributed by atoms with E-state index in [1.165, 1.54) is 24.8 Å². The van der Waals surface area contributed by atoms with E-state index >= 15 is 0 Å². The summed E-state index contributed by atoms with van der Waals surface area (Å²) in [6.45, 7) is 2.35. The van der Waals surface area contributed by atoms with E-state index in [2.05, 4.69) is 33.6 Å². The maximum absolute atomic E-state index is 12.1. The van der Waals surface area contributed by atoms with Gasteiger partial charge in [-0.15, -0.1) is 0 Å². The summed E-state index contributed by atoms with van der Waals surface area (Å²) in [6.07, 6.45) is 10.8. The highest BCUT2D eigenvalue weighted by Crippen LogP contribution is 2.62. The molecule has 0 aromatic carbocycles. The van der Waals surface area contributed by atoms with E-state index in [0.29, 0.717) is 17.6 Å². The van der Waals surface area contributed by atoms with Gasteiger partial charge in [0.1, 0.15) is 12.5 Å². The third kappa shape index (κ3) is 3.07. The van der Waals surface area contributed by atoms with E-state index in [-0.39, 0.29) is 23.9 Å². The van der Waals surface area contributed by atoms with Crippen LogP contribution in [-0.2, 0) is 14.3 Å². The highest BCUT2D eigenvalue weighted by atomic mass is 79.9. The first kappa shape index (κ1) is 18.3. The van der Waals surface area contributed by atoms with Crippen LogP contribution in [0.15, 0.2) is 11.6 Å². The summed E-state index contributed by atoms with van der Waals surface area (Å²) in [6, 6.07) is 0. The molecule has 6 atom stereocenters. The standard InChI is InChI=1S/C22H27BrO3/c1-22-11-10-17-16-7-5-15(24)13-14(16)4-6-18(17)19(22)8-9-20(22)26-21(25)3-2-12-23/h13,16-20H,3-11H2,1H3/t16-,17+,18+,19-,20-,22-/m0/s1. The molecule has 0 radical (unpaired) electrons. The Kier molecular flexibility index (Phi) is 5.03. The van der Waals surface area contributed by atoms with Crippen molar-refractivity contribution in [3.8, 4) is 10.8 Å². The van der Waals surface area contributed by atoms with Crippen LogP contribution >= 0.6 is 15.9 Å². The van der Waals surface area contributed by atoms with Crippen LogP contribution < -0.4 is 0 Å². The van der Waals surface area contributed by atoms with Gasteiger partial charge in [0.05, 0.1) is 0 Å². The summed E-state index contributed by atoms with van der Waals surface area (Å²) < 4.78 is 5.87. The number of ketones is 1. The molecule has 0 amide bonds. The smallest absolute Gasteiger partial charge is 0.318 e. The third-order valence-electron chi connectivity index (χ3n) is 7.79. The number of allylic oxidation sites excluding steroid dienone is 1. The van der Waals surface area contributed by atoms with Crippen LogP contribution in [0.5, 0.6) is 0 Å². The van der Waals surface area contributed by atoms with Gasteiger partial charge in [-0.05, 0) is 79.5 Å². The minimum Gasteiger partial charge on any atom is -0.461 e. The van der Waals surface area contributed by atoms with Crippen LogP contribution in [0, 0.1) is 39.8 Å². The Morgan fingerprint density at radius 1 is 1.23 bits per heavy atom. The van der Waals surface area contributed by atoms with Crippen molar-refractivity contribution in [2.45, 2.75) is 70.8 Å². The van der Waals surface area contributed by atoms with Gasteiger partial charge in [0.25, 0.3) is 0 Å². The Morgan fingerprint density at radius 3 is 2.88 bits per heavy atom. The molecule has 0 saturated heterocycles. The lowest BCUT2D eigenvalue weighted by atomic mass is 9.52. The van der Waals surface area contributed by atoms with Crippen molar-refractivity contribution in [2.75, 3.05) is 0 Å². The Balaban J connectivity index is 1.49. The van der Waals surface area contributed by atoms with Crippen molar-refractivity contribution in [1.29, 1.82) is 0 Å². The number of hydrogen-bond donors (Lipinski definition) is 0. The molecular formula is C22H27BrO3. The number of hydrogen-bond acceptors (Lipinski definition) is 3. The zero-order chi connectivity index (χ0) is 18.3. The van der Waals surface area contributed by atoms with Gasteiger partial charge in [0.2, 0.25) is 0 Å². The van der Waals surface area contributed by atoms with Crippen molar-refractivity contribution in [3.63, 3.8) is 0 Å². The fraction of sp³-hybridized carbons (Fsp3) is 0.727. The Bertz CT molecular complexity index is 700. The fourth-order valence-electron chi connectivity index (χ4n) is 6.63. The molecule has 3 nitrogen and oxygen atoms in total. The highest BCUT2D eigenvalue weighted by Gasteiger charge is 2.57. The summed E-state index contributed by atoms with van der Waals surface area (Å²) >= 11 is 3.03. The second-order valence-corrected chi connectivity index (χ2v) is 9.25. The van der Waals surface area contributed by atoms with E-state index < -0.39 is 0 Å². The molecule has 4 heteroatoms. The van der Waals surface area contributed by atoms with Crippen LogP contribution in [0.2, 0.25) is 0 Å². The molecule has 4 aliphatic rings. The fourth-order valence-corrected chi connectivity index (χ4v) is 6.77. The second-order valence-electron chi connectivity index (χ2n) is 8.85. The van der Waals surface area contributed by atoms with Gasteiger partial charge in [0.15, 0.2) is 5.78 Å². The molecule has 0 bridgehead atoms. The summed E-state index contributed by atoms with van der Waals surface area (Å²) in [4.78, 5) is 26.5.